The van der Waals surface area contributed by atoms with Crippen LogP contribution in [0.15, 0.2) is 36.4 Å². The highest BCUT2D eigenvalue weighted by molar-refractivity contribution is 5.94. The van der Waals surface area contributed by atoms with Gasteiger partial charge in [-0.3, -0.25) is 4.79 Å². The molecule has 1 atom stereocenters. The van der Waals surface area contributed by atoms with Crippen LogP contribution < -0.4 is 0 Å². The number of ether oxygens (including phenoxy) is 1. The molecule has 4 nitrogen and oxygen atoms in total. The summed E-state index contributed by atoms with van der Waals surface area (Å²) in [6.07, 6.45) is 0. The first-order chi connectivity index (χ1) is 9.02. The molecular formula is C15H14O4. The third-order valence-electron chi connectivity index (χ3n) is 3.17. The molecule has 0 fully saturated rings. The van der Waals surface area contributed by atoms with E-state index < -0.39 is 5.97 Å². The number of carboxylic acids is 1. The zero-order valence-electron chi connectivity index (χ0n) is 10.7. The van der Waals surface area contributed by atoms with Crippen molar-refractivity contribution in [1.29, 1.82) is 0 Å². The summed E-state index contributed by atoms with van der Waals surface area (Å²) < 4.78 is 4.71. The number of esters is 1. The summed E-state index contributed by atoms with van der Waals surface area (Å²) in [7, 11) is 1.36. The normalized spacial score (nSPS) is 12.1. The molecule has 19 heavy (non-hydrogen) atoms. The quantitative estimate of drug-likeness (QED) is 0.860. The molecule has 0 aliphatic rings. The van der Waals surface area contributed by atoms with E-state index in [0.717, 1.165) is 16.3 Å². The van der Waals surface area contributed by atoms with Crippen molar-refractivity contribution in [3.05, 3.63) is 47.5 Å². The number of carbonyl (C=O) groups excluding carboxylic acids is 1. The van der Waals surface area contributed by atoms with Crippen molar-refractivity contribution >= 4 is 22.7 Å². The van der Waals surface area contributed by atoms with E-state index in [9.17, 15) is 9.59 Å². The number of carbonyl (C=O) groups is 2. The molecule has 2 aromatic rings. The Morgan fingerprint density at radius 3 is 2.37 bits per heavy atom. The minimum atomic E-state index is -0.950. The number of hydrogen-bond acceptors (Lipinski definition) is 3. The van der Waals surface area contributed by atoms with Crippen LogP contribution in [0.4, 0.5) is 0 Å². The summed E-state index contributed by atoms with van der Waals surface area (Å²) in [6, 6.07) is 10.4. The number of aromatic carboxylic acids is 1. The van der Waals surface area contributed by atoms with Crippen LogP contribution in [0.25, 0.3) is 10.8 Å². The molecule has 98 valence electrons. The van der Waals surface area contributed by atoms with Crippen LogP contribution in [0.1, 0.15) is 28.8 Å². The van der Waals surface area contributed by atoms with E-state index >= 15 is 0 Å². The third kappa shape index (κ3) is 2.57. The number of carboxylic acid groups (broad SMARTS) is 1. The van der Waals surface area contributed by atoms with Crippen molar-refractivity contribution in [2.45, 2.75) is 12.8 Å². The van der Waals surface area contributed by atoms with E-state index in [4.69, 9.17) is 9.84 Å². The zero-order valence-corrected chi connectivity index (χ0v) is 10.7. The van der Waals surface area contributed by atoms with Crippen molar-refractivity contribution in [1.82, 2.24) is 0 Å². The predicted octanol–water partition coefficient (Wildman–Crippen LogP) is 2.81. The molecule has 4 heteroatoms. The molecule has 0 heterocycles. The Bertz CT molecular complexity index is 646. The molecule has 1 unspecified atom stereocenters. The number of fused-ring (bicyclic) bond motifs is 1. The van der Waals surface area contributed by atoms with E-state index in [1.807, 2.05) is 18.2 Å². The predicted molar refractivity (Wildman–Crippen MR) is 71.3 cm³/mol. The lowest BCUT2D eigenvalue weighted by atomic mass is 9.97. The Morgan fingerprint density at radius 2 is 1.74 bits per heavy atom. The topological polar surface area (TPSA) is 63.6 Å². The molecule has 0 radical (unpaired) electrons. The van der Waals surface area contributed by atoms with Gasteiger partial charge in [-0.05, 0) is 35.4 Å². The number of benzene rings is 2. The van der Waals surface area contributed by atoms with Crippen molar-refractivity contribution in [3.63, 3.8) is 0 Å². The second-order valence-electron chi connectivity index (χ2n) is 4.37. The van der Waals surface area contributed by atoms with Gasteiger partial charge in [-0.2, -0.15) is 0 Å². The number of rotatable bonds is 3. The van der Waals surface area contributed by atoms with Gasteiger partial charge >= 0.3 is 11.9 Å². The molecule has 1 N–H and O–H groups in total. The Kier molecular flexibility index (Phi) is 3.51. The van der Waals surface area contributed by atoms with Crippen molar-refractivity contribution < 1.29 is 19.4 Å². The van der Waals surface area contributed by atoms with Crippen LogP contribution in [0.2, 0.25) is 0 Å². The molecule has 2 rings (SSSR count). The molecule has 0 saturated heterocycles. The van der Waals surface area contributed by atoms with Gasteiger partial charge in [-0.25, -0.2) is 4.79 Å². The summed E-state index contributed by atoms with van der Waals surface area (Å²) in [5.41, 5.74) is 1.10. The summed E-state index contributed by atoms with van der Waals surface area (Å²) in [6.45, 7) is 1.78. The van der Waals surface area contributed by atoms with Crippen LogP contribution in [-0.2, 0) is 9.53 Å². The van der Waals surface area contributed by atoms with Gasteiger partial charge in [0.15, 0.2) is 0 Å². The molecule has 0 aliphatic carbocycles. The highest BCUT2D eigenvalue weighted by atomic mass is 16.5. The molecule has 0 bridgehead atoms. The largest absolute Gasteiger partial charge is 0.478 e. The standard InChI is InChI=1S/C15H14O4/c1-9(15(18)19-2)10-3-4-12-8-13(14(16)17)6-5-11(12)7-10/h3-9H,1-2H3,(H,16,17). The van der Waals surface area contributed by atoms with Gasteiger partial charge in [0.25, 0.3) is 0 Å². The lowest BCUT2D eigenvalue weighted by Gasteiger charge is -2.10. The monoisotopic (exact) mass is 258 g/mol. The molecule has 0 saturated carbocycles. The highest BCUT2D eigenvalue weighted by Gasteiger charge is 2.15. The second kappa shape index (κ2) is 5.10. The van der Waals surface area contributed by atoms with Gasteiger partial charge in [-0.15, -0.1) is 0 Å². The van der Waals surface area contributed by atoms with Gasteiger partial charge in [0.1, 0.15) is 0 Å². The first-order valence-electron chi connectivity index (χ1n) is 5.87. The van der Waals surface area contributed by atoms with Gasteiger partial charge < -0.3 is 9.84 Å². The summed E-state index contributed by atoms with van der Waals surface area (Å²) in [4.78, 5) is 22.4. The molecule has 2 aromatic carbocycles. The van der Waals surface area contributed by atoms with Gasteiger partial charge in [-0.1, -0.05) is 24.3 Å². The molecule has 0 aliphatic heterocycles. The summed E-state index contributed by atoms with van der Waals surface area (Å²) in [5, 5.41) is 10.7. The maximum absolute atomic E-state index is 11.5. The molecule has 0 aromatic heterocycles. The minimum absolute atomic E-state index is 0.251. The Labute approximate surface area is 110 Å². The Balaban J connectivity index is 2.44. The fraction of sp³-hybridized carbons (Fsp3) is 0.200. The average molecular weight is 258 g/mol. The Morgan fingerprint density at radius 1 is 1.11 bits per heavy atom. The maximum atomic E-state index is 11.5. The van der Waals surface area contributed by atoms with Crippen LogP contribution in [0.3, 0.4) is 0 Å². The van der Waals surface area contributed by atoms with Crippen molar-refractivity contribution in [3.8, 4) is 0 Å². The fourth-order valence-corrected chi connectivity index (χ4v) is 1.98. The van der Waals surface area contributed by atoms with Crippen molar-refractivity contribution in [2.24, 2.45) is 0 Å². The first-order valence-corrected chi connectivity index (χ1v) is 5.87. The van der Waals surface area contributed by atoms with E-state index in [1.54, 1.807) is 25.1 Å². The summed E-state index contributed by atoms with van der Waals surface area (Å²) >= 11 is 0. The minimum Gasteiger partial charge on any atom is -0.478 e. The highest BCUT2D eigenvalue weighted by Crippen LogP contribution is 2.23. The third-order valence-corrected chi connectivity index (χ3v) is 3.17. The smallest absolute Gasteiger partial charge is 0.335 e. The van der Waals surface area contributed by atoms with Gasteiger partial charge in [0.05, 0.1) is 18.6 Å². The number of methoxy groups -OCH3 is 1. The first kappa shape index (κ1) is 13.1. The van der Waals surface area contributed by atoms with E-state index in [-0.39, 0.29) is 17.5 Å². The molecule has 0 spiro atoms. The van der Waals surface area contributed by atoms with E-state index in [1.165, 1.54) is 7.11 Å². The maximum Gasteiger partial charge on any atom is 0.335 e. The zero-order chi connectivity index (χ0) is 14.0. The Hall–Kier alpha value is -2.36. The van der Waals surface area contributed by atoms with E-state index in [2.05, 4.69) is 0 Å². The lowest BCUT2D eigenvalue weighted by molar-refractivity contribution is -0.141. The van der Waals surface area contributed by atoms with Crippen LogP contribution in [0, 0.1) is 0 Å². The average Bonchev–Trinajstić information content (AvgIpc) is 2.44. The second-order valence-corrected chi connectivity index (χ2v) is 4.37. The van der Waals surface area contributed by atoms with Crippen LogP contribution in [0.5, 0.6) is 0 Å². The number of hydrogen-bond donors (Lipinski definition) is 1. The van der Waals surface area contributed by atoms with Crippen LogP contribution in [-0.4, -0.2) is 24.2 Å². The van der Waals surface area contributed by atoms with Crippen molar-refractivity contribution in [2.75, 3.05) is 7.11 Å². The van der Waals surface area contributed by atoms with Gasteiger partial charge in [0.2, 0.25) is 0 Å². The van der Waals surface area contributed by atoms with E-state index in [0.29, 0.717) is 0 Å². The SMILES string of the molecule is COC(=O)C(C)c1ccc2cc(C(=O)O)ccc2c1. The van der Waals surface area contributed by atoms with Gasteiger partial charge in [0, 0.05) is 0 Å². The molecular weight excluding hydrogens is 244 g/mol. The van der Waals surface area contributed by atoms with Crippen LogP contribution >= 0.6 is 0 Å². The summed E-state index contributed by atoms with van der Waals surface area (Å²) in [5.74, 6) is -1.58. The fourth-order valence-electron chi connectivity index (χ4n) is 1.98. The molecule has 0 amide bonds. The lowest BCUT2D eigenvalue weighted by Crippen LogP contribution is -2.10.